The summed E-state index contributed by atoms with van der Waals surface area (Å²) in [5, 5.41) is 17.3. The van der Waals surface area contributed by atoms with Crippen LogP contribution in [0.4, 0.5) is 0 Å². The smallest absolute Gasteiger partial charge is 0.243 e. The Bertz CT molecular complexity index is 1740. The second kappa shape index (κ2) is 16.4. The SMILES string of the molecule is CNS(=O)(=O)c1cccc(OC[C@@H](O)CN[C@H]2COC3(CCN(S(=O)(=O)c4cccc(-c5ccc(CNCCC(C)C)cc5)c4)CC3)C2)c1. The summed E-state index contributed by atoms with van der Waals surface area (Å²) in [6, 6.07) is 21.6. The van der Waals surface area contributed by atoms with Gasteiger partial charge in [-0.25, -0.2) is 21.6 Å². The van der Waals surface area contributed by atoms with Crippen LogP contribution in [0.5, 0.6) is 5.75 Å². The van der Waals surface area contributed by atoms with Crippen LogP contribution in [0.15, 0.2) is 82.6 Å². The summed E-state index contributed by atoms with van der Waals surface area (Å²) in [5.74, 6) is 1.02. The van der Waals surface area contributed by atoms with E-state index in [0.717, 1.165) is 37.1 Å². The highest BCUT2D eigenvalue weighted by molar-refractivity contribution is 7.89. The number of sulfonamides is 2. The molecule has 49 heavy (non-hydrogen) atoms. The van der Waals surface area contributed by atoms with Gasteiger partial charge in [0.1, 0.15) is 18.5 Å². The molecule has 0 unspecified atom stereocenters. The van der Waals surface area contributed by atoms with Crippen molar-refractivity contribution in [3.05, 3.63) is 78.4 Å². The standard InChI is InChI=1S/C36H50N4O7S2/c1-27(2)14-17-38-23-28-10-12-29(13-11-28)30-6-4-9-35(20-30)49(44,45)40-18-15-36(16-19-40)22-31(25-47-36)39-24-32(41)26-46-33-7-5-8-34(21-33)48(42,43)37-3/h4-13,20-21,27,31-32,37-39,41H,14-19,22-26H2,1-3H3/t31-,32+/m1/s1. The van der Waals surface area contributed by atoms with E-state index in [9.17, 15) is 21.9 Å². The largest absolute Gasteiger partial charge is 0.491 e. The quantitative estimate of drug-likeness (QED) is 0.163. The van der Waals surface area contributed by atoms with Crippen LogP contribution in [-0.2, 0) is 31.3 Å². The van der Waals surface area contributed by atoms with E-state index in [4.69, 9.17) is 9.47 Å². The molecule has 4 N–H and O–H groups in total. The van der Waals surface area contributed by atoms with Gasteiger partial charge in [0.2, 0.25) is 20.0 Å². The van der Waals surface area contributed by atoms with Crippen molar-refractivity contribution >= 4 is 20.0 Å². The molecule has 2 aliphatic heterocycles. The van der Waals surface area contributed by atoms with E-state index in [1.165, 1.54) is 24.7 Å². The van der Waals surface area contributed by atoms with Gasteiger partial charge in [-0.05, 0) is 86.1 Å². The van der Waals surface area contributed by atoms with Crippen LogP contribution in [0.2, 0.25) is 0 Å². The predicted octanol–water partition coefficient (Wildman–Crippen LogP) is 3.74. The van der Waals surface area contributed by atoms with Crippen LogP contribution >= 0.6 is 0 Å². The van der Waals surface area contributed by atoms with Crippen molar-refractivity contribution in [2.75, 3.05) is 46.4 Å². The van der Waals surface area contributed by atoms with E-state index in [1.54, 1.807) is 34.6 Å². The van der Waals surface area contributed by atoms with Gasteiger partial charge in [0.05, 0.1) is 22.0 Å². The summed E-state index contributed by atoms with van der Waals surface area (Å²) in [5.41, 5.74) is 2.63. The van der Waals surface area contributed by atoms with E-state index < -0.39 is 31.8 Å². The fourth-order valence-electron chi connectivity index (χ4n) is 6.28. The third-order valence-electron chi connectivity index (χ3n) is 9.30. The highest BCUT2D eigenvalue weighted by atomic mass is 32.2. The van der Waals surface area contributed by atoms with Crippen molar-refractivity contribution in [2.45, 2.75) is 73.6 Å². The number of aliphatic hydroxyl groups excluding tert-OH is 1. The molecule has 0 bridgehead atoms. The first-order chi connectivity index (χ1) is 23.4. The van der Waals surface area contributed by atoms with Gasteiger partial charge in [0.25, 0.3) is 0 Å². The molecule has 5 rings (SSSR count). The lowest BCUT2D eigenvalue weighted by atomic mass is 9.88. The Morgan fingerprint density at radius 1 is 0.959 bits per heavy atom. The van der Waals surface area contributed by atoms with Crippen LogP contribution in [0, 0.1) is 5.92 Å². The van der Waals surface area contributed by atoms with Gasteiger partial charge < -0.3 is 25.2 Å². The fourth-order valence-corrected chi connectivity index (χ4v) is 8.54. The van der Waals surface area contributed by atoms with E-state index in [1.807, 2.05) is 18.2 Å². The Balaban J connectivity index is 1.08. The van der Waals surface area contributed by atoms with Gasteiger partial charge in [-0.15, -0.1) is 0 Å². The van der Waals surface area contributed by atoms with Crippen molar-refractivity contribution in [1.82, 2.24) is 19.7 Å². The summed E-state index contributed by atoms with van der Waals surface area (Å²) in [6.07, 6.45) is 2.22. The Hall–Kier alpha value is -2.88. The van der Waals surface area contributed by atoms with Crippen molar-refractivity contribution in [2.24, 2.45) is 5.92 Å². The summed E-state index contributed by atoms with van der Waals surface area (Å²) in [7, 11) is -5.93. The van der Waals surface area contributed by atoms with E-state index in [-0.39, 0.29) is 24.1 Å². The van der Waals surface area contributed by atoms with Crippen molar-refractivity contribution < 1.29 is 31.4 Å². The average Bonchev–Trinajstić information content (AvgIpc) is 3.50. The van der Waals surface area contributed by atoms with E-state index >= 15 is 0 Å². The van der Waals surface area contributed by atoms with Gasteiger partial charge in [-0.1, -0.05) is 56.3 Å². The zero-order valence-electron chi connectivity index (χ0n) is 28.6. The molecule has 0 aliphatic carbocycles. The topological polar surface area (TPSA) is 146 Å². The first-order valence-electron chi connectivity index (χ1n) is 17.0. The Morgan fingerprint density at radius 3 is 2.39 bits per heavy atom. The van der Waals surface area contributed by atoms with Gasteiger partial charge in [0, 0.05) is 38.3 Å². The third kappa shape index (κ3) is 9.89. The maximum atomic E-state index is 13.7. The van der Waals surface area contributed by atoms with Crippen molar-refractivity contribution in [3.8, 4) is 16.9 Å². The molecule has 2 saturated heterocycles. The molecule has 2 heterocycles. The van der Waals surface area contributed by atoms with Crippen LogP contribution in [-0.4, -0.2) is 90.4 Å². The number of hydrogen-bond donors (Lipinski definition) is 4. The molecule has 0 saturated carbocycles. The number of rotatable bonds is 16. The van der Waals surface area contributed by atoms with Gasteiger partial charge >= 0.3 is 0 Å². The lowest BCUT2D eigenvalue weighted by Crippen LogP contribution is -2.47. The van der Waals surface area contributed by atoms with Gasteiger partial charge in [-0.3, -0.25) is 0 Å². The summed E-state index contributed by atoms with van der Waals surface area (Å²) in [6.45, 7) is 7.69. The second-order valence-electron chi connectivity index (χ2n) is 13.4. The van der Waals surface area contributed by atoms with Gasteiger partial charge in [-0.2, -0.15) is 4.31 Å². The van der Waals surface area contributed by atoms with Crippen LogP contribution in [0.3, 0.4) is 0 Å². The molecule has 2 aliphatic rings. The highest BCUT2D eigenvalue weighted by Crippen LogP contribution is 2.37. The Labute approximate surface area is 291 Å². The molecule has 11 nitrogen and oxygen atoms in total. The Kier molecular flexibility index (Phi) is 12.5. The van der Waals surface area contributed by atoms with Crippen molar-refractivity contribution in [1.29, 1.82) is 0 Å². The molecule has 0 aromatic heterocycles. The molecular formula is C36H50N4O7S2. The number of ether oxygens (including phenoxy) is 2. The van der Waals surface area contributed by atoms with Crippen molar-refractivity contribution in [3.63, 3.8) is 0 Å². The molecule has 2 atom stereocenters. The normalized spacial score (nSPS) is 19.0. The summed E-state index contributed by atoms with van der Waals surface area (Å²) < 4.78 is 67.2. The minimum absolute atomic E-state index is 0.00977. The molecule has 0 amide bonds. The molecule has 0 radical (unpaired) electrons. The predicted molar refractivity (Wildman–Crippen MR) is 190 cm³/mol. The van der Waals surface area contributed by atoms with Crippen LogP contribution in [0.1, 0.15) is 45.1 Å². The number of hydrogen-bond acceptors (Lipinski definition) is 9. The lowest BCUT2D eigenvalue weighted by Gasteiger charge is -2.38. The molecule has 268 valence electrons. The Morgan fingerprint density at radius 2 is 1.67 bits per heavy atom. The number of benzene rings is 3. The van der Waals surface area contributed by atoms with Crippen LogP contribution in [0.25, 0.3) is 11.1 Å². The molecular weight excluding hydrogens is 665 g/mol. The zero-order chi connectivity index (χ0) is 35.1. The average molecular weight is 715 g/mol. The van der Waals surface area contributed by atoms with Crippen LogP contribution < -0.4 is 20.1 Å². The first kappa shape index (κ1) is 37.4. The zero-order valence-corrected chi connectivity index (χ0v) is 30.2. The maximum absolute atomic E-state index is 13.7. The monoisotopic (exact) mass is 714 g/mol. The number of aliphatic hydroxyl groups is 1. The number of nitrogens with one attached hydrogen (secondary N) is 3. The third-order valence-corrected chi connectivity index (χ3v) is 12.6. The molecule has 13 heteroatoms. The van der Waals surface area contributed by atoms with E-state index in [2.05, 4.69) is 41.3 Å². The minimum atomic E-state index is -3.68. The minimum Gasteiger partial charge on any atom is -0.491 e. The molecule has 1 spiro atoms. The lowest BCUT2D eigenvalue weighted by molar-refractivity contribution is -0.0312. The van der Waals surface area contributed by atoms with E-state index in [0.29, 0.717) is 49.1 Å². The second-order valence-corrected chi connectivity index (χ2v) is 17.3. The highest BCUT2D eigenvalue weighted by Gasteiger charge is 2.44. The summed E-state index contributed by atoms with van der Waals surface area (Å²) >= 11 is 0. The number of nitrogens with zero attached hydrogens (tertiary/aromatic N) is 1. The number of piperidine rings is 1. The maximum Gasteiger partial charge on any atom is 0.243 e. The molecule has 2 fully saturated rings. The van der Waals surface area contributed by atoms with Gasteiger partial charge in [0.15, 0.2) is 0 Å². The fraction of sp³-hybridized carbons (Fsp3) is 0.500. The molecule has 3 aromatic carbocycles. The first-order valence-corrected chi connectivity index (χ1v) is 19.9. The molecule has 3 aromatic rings. The summed E-state index contributed by atoms with van der Waals surface area (Å²) in [4.78, 5) is 0.376.